The number of carbonyl (C=O) groups is 1. The second-order valence-electron chi connectivity index (χ2n) is 5.35. The molecule has 0 spiro atoms. The lowest BCUT2D eigenvalue weighted by molar-refractivity contribution is -0.384. The van der Waals surface area contributed by atoms with Crippen LogP contribution in [0, 0.1) is 16.0 Å². The lowest BCUT2D eigenvalue weighted by atomic mass is 9.99. The van der Waals surface area contributed by atoms with Crippen LogP contribution in [0.3, 0.4) is 0 Å². The molecule has 0 radical (unpaired) electrons. The number of nitrogens with one attached hydrogen (secondary N) is 1. The van der Waals surface area contributed by atoms with E-state index in [-0.39, 0.29) is 11.6 Å². The minimum Gasteiger partial charge on any atom is -0.352 e. The van der Waals surface area contributed by atoms with Gasteiger partial charge in [0.25, 0.3) is 5.69 Å². The highest BCUT2D eigenvalue weighted by atomic mass is 16.6. The zero-order chi connectivity index (χ0) is 16.4. The number of rotatable bonds is 9. The number of non-ortho nitro benzene ring substituents is 1. The van der Waals surface area contributed by atoms with Gasteiger partial charge in [-0.15, -0.1) is 0 Å². The largest absolute Gasteiger partial charge is 0.352 e. The number of hydrogen-bond donors (Lipinski definition) is 1. The summed E-state index contributed by atoms with van der Waals surface area (Å²) in [5.74, 6) is 0.344. The van der Waals surface area contributed by atoms with E-state index in [0.29, 0.717) is 18.0 Å². The van der Waals surface area contributed by atoms with E-state index in [1.165, 1.54) is 24.6 Å². The van der Waals surface area contributed by atoms with Crippen molar-refractivity contribution in [1.29, 1.82) is 0 Å². The first kappa shape index (κ1) is 17.9. The van der Waals surface area contributed by atoms with Gasteiger partial charge in [0.05, 0.1) is 4.92 Å². The third-order valence-corrected chi connectivity index (χ3v) is 3.62. The van der Waals surface area contributed by atoms with Crippen molar-refractivity contribution in [3.8, 4) is 0 Å². The number of unbranched alkanes of at least 4 members (excludes halogenated alkanes) is 1. The summed E-state index contributed by atoms with van der Waals surface area (Å²) < 4.78 is 0. The van der Waals surface area contributed by atoms with Gasteiger partial charge in [-0.1, -0.05) is 45.2 Å². The van der Waals surface area contributed by atoms with E-state index >= 15 is 0 Å². The van der Waals surface area contributed by atoms with E-state index in [4.69, 9.17) is 0 Å². The standard InChI is InChI=1S/C17H24N2O3/c1-3-5-7-14(4-2)13-18-17(20)11-10-15-8-6-9-16(12-15)19(21)22/h6,8-12,14H,3-5,7,13H2,1-2H3,(H,18,20)/b11-10+. The molecule has 0 saturated carbocycles. The highest BCUT2D eigenvalue weighted by molar-refractivity contribution is 5.91. The van der Waals surface area contributed by atoms with Crippen molar-refractivity contribution in [3.05, 3.63) is 46.0 Å². The van der Waals surface area contributed by atoms with Crippen LogP contribution >= 0.6 is 0 Å². The average molecular weight is 304 g/mol. The molecule has 0 bridgehead atoms. The summed E-state index contributed by atoms with van der Waals surface area (Å²) in [6.07, 6.45) is 7.53. The van der Waals surface area contributed by atoms with Crippen molar-refractivity contribution < 1.29 is 9.72 Å². The maximum absolute atomic E-state index is 11.8. The zero-order valence-corrected chi connectivity index (χ0v) is 13.2. The highest BCUT2D eigenvalue weighted by Crippen LogP contribution is 2.14. The number of amides is 1. The predicted molar refractivity (Wildman–Crippen MR) is 88.4 cm³/mol. The molecule has 22 heavy (non-hydrogen) atoms. The number of carbonyl (C=O) groups excluding carboxylic acids is 1. The van der Waals surface area contributed by atoms with E-state index in [0.717, 1.165) is 19.3 Å². The number of nitro benzene ring substituents is 1. The summed E-state index contributed by atoms with van der Waals surface area (Å²) in [4.78, 5) is 22.0. The summed E-state index contributed by atoms with van der Waals surface area (Å²) in [5.41, 5.74) is 0.663. The van der Waals surface area contributed by atoms with E-state index in [9.17, 15) is 14.9 Å². The zero-order valence-electron chi connectivity index (χ0n) is 13.2. The Morgan fingerprint density at radius 1 is 1.41 bits per heavy atom. The van der Waals surface area contributed by atoms with Gasteiger partial charge in [-0.05, 0) is 24.0 Å². The predicted octanol–water partition coefficient (Wildman–Crippen LogP) is 3.94. The quantitative estimate of drug-likeness (QED) is 0.426. The van der Waals surface area contributed by atoms with Gasteiger partial charge in [0.1, 0.15) is 0 Å². The van der Waals surface area contributed by atoms with Crippen molar-refractivity contribution in [2.24, 2.45) is 5.92 Å². The Bertz CT molecular complexity index is 526. The van der Waals surface area contributed by atoms with Crippen LogP contribution in [0.15, 0.2) is 30.3 Å². The fourth-order valence-electron chi connectivity index (χ4n) is 2.16. The van der Waals surface area contributed by atoms with E-state index in [2.05, 4.69) is 19.2 Å². The molecule has 5 heteroatoms. The van der Waals surface area contributed by atoms with Gasteiger partial charge < -0.3 is 5.32 Å². The Hall–Kier alpha value is -2.17. The van der Waals surface area contributed by atoms with Gasteiger partial charge in [0, 0.05) is 24.8 Å². The van der Waals surface area contributed by atoms with Gasteiger partial charge in [-0.25, -0.2) is 0 Å². The second-order valence-corrected chi connectivity index (χ2v) is 5.35. The van der Waals surface area contributed by atoms with Crippen molar-refractivity contribution in [3.63, 3.8) is 0 Å². The first-order chi connectivity index (χ1) is 10.6. The van der Waals surface area contributed by atoms with E-state index in [1.807, 2.05) is 0 Å². The van der Waals surface area contributed by atoms with Crippen LogP contribution in [-0.2, 0) is 4.79 Å². The van der Waals surface area contributed by atoms with Crippen molar-refractivity contribution in [2.45, 2.75) is 39.5 Å². The number of benzene rings is 1. The molecule has 1 atom stereocenters. The minimum absolute atomic E-state index is 0.0215. The number of nitrogens with zero attached hydrogens (tertiary/aromatic N) is 1. The second kappa shape index (κ2) is 9.71. The maximum atomic E-state index is 11.8. The Morgan fingerprint density at radius 2 is 2.18 bits per heavy atom. The molecule has 0 fully saturated rings. The molecule has 0 saturated heterocycles. The number of hydrogen-bond acceptors (Lipinski definition) is 3. The van der Waals surface area contributed by atoms with Crippen LogP contribution in [0.25, 0.3) is 6.08 Å². The molecule has 1 aromatic carbocycles. The molecule has 0 aromatic heterocycles. The maximum Gasteiger partial charge on any atom is 0.270 e. The summed E-state index contributed by atoms with van der Waals surface area (Å²) >= 11 is 0. The molecule has 0 heterocycles. The van der Waals surface area contributed by atoms with Crippen LogP contribution in [0.5, 0.6) is 0 Å². The van der Waals surface area contributed by atoms with E-state index < -0.39 is 4.92 Å². The Kier molecular flexibility index (Phi) is 7.89. The Balaban J connectivity index is 2.50. The molecule has 120 valence electrons. The summed E-state index contributed by atoms with van der Waals surface area (Å²) in [6.45, 7) is 4.97. The molecule has 5 nitrogen and oxygen atoms in total. The fourth-order valence-corrected chi connectivity index (χ4v) is 2.16. The molecule has 0 aliphatic rings. The van der Waals surface area contributed by atoms with Gasteiger partial charge in [-0.3, -0.25) is 14.9 Å². The lowest BCUT2D eigenvalue weighted by Gasteiger charge is -2.14. The van der Waals surface area contributed by atoms with Gasteiger partial charge in [0.15, 0.2) is 0 Å². The van der Waals surface area contributed by atoms with Crippen LogP contribution < -0.4 is 5.32 Å². The van der Waals surface area contributed by atoms with Crippen molar-refractivity contribution in [2.75, 3.05) is 6.54 Å². The summed E-state index contributed by atoms with van der Waals surface area (Å²) in [5, 5.41) is 13.6. The third kappa shape index (κ3) is 6.52. The third-order valence-electron chi connectivity index (χ3n) is 3.62. The Labute approximate surface area is 131 Å². The summed E-state index contributed by atoms with van der Waals surface area (Å²) in [7, 11) is 0. The van der Waals surface area contributed by atoms with Crippen molar-refractivity contribution >= 4 is 17.7 Å². The lowest BCUT2D eigenvalue weighted by Crippen LogP contribution is -2.27. The first-order valence-electron chi connectivity index (χ1n) is 7.77. The van der Waals surface area contributed by atoms with Gasteiger partial charge in [-0.2, -0.15) is 0 Å². The smallest absolute Gasteiger partial charge is 0.270 e. The van der Waals surface area contributed by atoms with Crippen LogP contribution in [0.4, 0.5) is 5.69 Å². The van der Waals surface area contributed by atoms with Crippen LogP contribution in [-0.4, -0.2) is 17.4 Å². The topological polar surface area (TPSA) is 72.2 Å². The van der Waals surface area contributed by atoms with Gasteiger partial charge >= 0.3 is 0 Å². The molecule has 1 aromatic rings. The molecule has 1 N–H and O–H groups in total. The normalized spacial score (nSPS) is 12.3. The monoisotopic (exact) mass is 304 g/mol. The SMILES string of the molecule is CCCCC(CC)CNC(=O)/C=C/c1cccc([N+](=O)[O-])c1. The van der Waals surface area contributed by atoms with Crippen LogP contribution in [0.2, 0.25) is 0 Å². The Morgan fingerprint density at radius 3 is 2.82 bits per heavy atom. The first-order valence-corrected chi connectivity index (χ1v) is 7.77. The molecule has 1 unspecified atom stereocenters. The molecular formula is C17H24N2O3. The molecule has 0 aliphatic heterocycles. The van der Waals surface area contributed by atoms with Gasteiger partial charge in [0.2, 0.25) is 5.91 Å². The molecule has 1 rings (SSSR count). The summed E-state index contributed by atoms with van der Waals surface area (Å²) in [6, 6.07) is 6.21. The molecular weight excluding hydrogens is 280 g/mol. The van der Waals surface area contributed by atoms with E-state index in [1.54, 1.807) is 18.2 Å². The number of nitro groups is 1. The highest BCUT2D eigenvalue weighted by Gasteiger charge is 2.07. The average Bonchev–Trinajstić information content (AvgIpc) is 2.53. The fraction of sp³-hybridized carbons (Fsp3) is 0.471. The molecule has 1 amide bonds. The molecule has 0 aliphatic carbocycles. The minimum atomic E-state index is -0.447. The van der Waals surface area contributed by atoms with Crippen LogP contribution in [0.1, 0.15) is 45.1 Å². The van der Waals surface area contributed by atoms with Crippen molar-refractivity contribution in [1.82, 2.24) is 5.32 Å².